The summed E-state index contributed by atoms with van der Waals surface area (Å²) in [6, 6.07) is 29.1. The van der Waals surface area contributed by atoms with Crippen molar-refractivity contribution in [3.63, 3.8) is 0 Å². The normalized spacial score (nSPS) is 11.6. The van der Waals surface area contributed by atoms with Crippen molar-refractivity contribution in [3.05, 3.63) is 109 Å². The van der Waals surface area contributed by atoms with Crippen molar-refractivity contribution in [2.24, 2.45) is 20.5 Å². The van der Waals surface area contributed by atoms with Crippen molar-refractivity contribution >= 4 is 75.9 Å². The fourth-order valence-electron chi connectivity index (χ4n) is 4.94. The predicted octanol–water partition coefficient (Wildman–Crippen LogP) is 2.50. The molecule has 0 bridgehead atoms. The number of fused-ring (bicyclic) bond motifs is 2. The number of nitrogens with zero attached hydrogens (tertiary/aromatic N) is 4. The van der Waals surface area contributed by atoms with Gasteiger partial charge in [-0.15, -0.1) is 10.2 Å². The predicted molar refractivity (Wildman–Crippen MR) is 184 cm³/mol. The smallest absolute Gasteiger partial charge is 0.744 e. The van der Waals surface area contributed by atoms with E-state index < -0.39 is 30.0 Å². The molecule has 6 aromatic carbocycles. The van der Waals surface area contributed by atoms with E-state index in [2.05, 4.69) is 20.5 Å². The molecule has 0 saturated heterocycles. The molecule has 0 radical (unpaired) electrons. The first-order chi connectivity index (χ1) is 22.9. The van der Waals surface area contributed by atoms with E-state index in [0.717, 1.165) is 23.3 Å². The largest absolute Gasteiger partial charge is 1.00 e. The van der Waals surface area contributed by atoms with Gasteiger partial charge >= 0.3 is 59.1 Å². The van der Waals surface area contributed by atoms with Crippen molar-refractivity contribution in [2.45, 2.75) is 23.6 Å². The molecule has 6 rings (SSSR count). The van der Waals surface area contributed by atoms with Gasteiger partial charge < -0.3 is 20.6 Å². The van der Waals surface area contributed by atoms with Crippen LogP contribution in [0.2, 0.25) is 0 Å². The van der Waals surface area contributed by atoms with Crippen molar-refractivity contribution in [2.75, 3.05) is 11.5 Å². The van der Waals surface area contributed by atoms with Gasteiger partial charge in [0.15, 0.2) is 0 Å². The molecule has 0 aliphatic heterocycles. The molecule has 16 heteroatoms. The Morgan fingerprint density at radius 3 is 1.08 bits per heavy atom. The third kappa shape index (κ3) is 9.03. The number of hydrogen-bond acceptors (Lipinski definition) is 12. The third-order valence-electron chi connectivity index (χ3n) is 7.21. The van der Waals surface area contributed by atoms with E-state index in [1.54, 1.807) is 60.7 Å². The third-order valence-corrected chi connectivity index (χ3v) is 8.96. The van der Waals surface area contributed by atoms with Crippen molar-refractivity contribution in [1.29, 1.82) is 0 Å². The molecule has 0 unspecified atom stereocenters. The van der Waals surface area contributed by atoms with E-state index in [0.29, 0.717) is 22.1 Å². The second kappa shape index (κ2) is 17.1. The van der Waals surface area contributed by atoms with Crippen LogP contribution < -0.4 is 70.6 Å². The molecular formula is C34H28N6Na2O6S2. The summed E-state index contributed by atoms with van der Waals surface area (Å²) in [5.74, 6) is 0. The molecule has 0 fully saturated rings. The SMILES string of the molecule is CC.Nc1c(N=Nc2ccc(-c3ccc(N=Nc4cc(S(=O)(=O)[O-])c5ccccc5c4N)cc3)cc2)cc(S(=O)(=O)[O-])c2ccccc12.[Na+].[Na+]. The van der Waals surface area contributed by atoms with Crippen LogP contribution in [0.5, 0.6) is 0 Å². The summed E-state index contributed by atoms with van der Waals surface area (Å²) in [5.41, 5.74) is 15.5. The van der Waals surface area contributed by atoms with E-state index in [4.69, 9.17) is 11.5 Å². The Labute approximate surface area is 333 Å². The number of hydrogen-bond donors (Lipinski definition) is 2. The topological polar surface area (TPSA) is 216 Å². The molecule has 0 atom stereocenters. The second-order valence-corrected chi connectivity index (χ2v) is 12.8. The van der Waals surface area contributed by atoms with E-state index >= 15 is 0 Å². The van der Waals surface area contributed by atoms with Crippen LogP contribution in [0.25, 0.3) is 32.7 Å². The van der Waals surface area contributed by atoms with Crippen LogP contribution in [-0.2, 0) is 20.2 Å². The summed E-state index contributed by atoms with van der Waals surface area (Å²) in [6.45, 7) is 4.00. The minimum atomic E-state index is -4.78. The van der Waals surface area contributed by atoms with E-state index in [1.807, 2.05) is 38.1 Å². The molecule has 6 aromatic rings. The average molecular weight is 727 g/mol. The molecule has 0 heterocycles. The molecule has 0 aliphatic carbocycles. The van der Waals surface area contributed by atoms with E-state index in [-0.39, 0.29) is 92.6 Å². The Morgan fingerprint density at radius 2 is 0.780 bits per heavy atom. The zero-order chi connectivity index (χ0) is 34.6. The Morgan fingerprint density at radius 1 is 0.480 bits per heavy atom. The molecule has 0 aromatic heterocycles. The maximum atomic E-state index is 11.9. The fraction of sp³-hybridized carbons (Fsp3) is 0.0588. The quantitative estimate of drug-likeness (QED) is 0.108. The van der Waals surface area contributed by atoms with Crippen molar-refractivity contribution in [3.8, 4) is 11.1 Å². The van der Waals surface area contributed by atoms with Gasteiger partial charge in [-0.1, -0.05) is 86.6 Å². The Hall–Kier alpha value is -3.54. The Balaban J connectivity index is 0.00000166. The van der Waals surface area contributed by atoms with Crippen LogP contribution in [0.1, 0.15) is 13.8 Å². The number of benzene rings is 6. The summed E-state index contributed by atoms with van der Waals surface area (Å²) in [6.07, 6.45) is 0. The van der Waals surface area contributed by atoms with Crippen LogP contribution in [0, 0.1) is 0 Å². The van der Waals surface area contributed by atoms with Gasteiger partial charge in [0.1, 0.15) is 31.6 Å². The minimum Gasteiger partial charge on any atom is -0.744 e. The van der Waals surface area contributed by atoms with Crippen LogP contribution in [0.15, 0.2) is 139 Å². The van der Waals surface area contributed by atoms with Gasteiger partial charge in [0.25, 0.3) is 0 Å². The van der Waals surface area contributed by atoms with E-state index in [1.165, 1.54) is 12.1 Å². The van der Waals surface area contributed by atoms with Gasteiger partial charge in [0, 0.05) is 21.5 Å². The van der Waals surface area contributed by atoms with Crippen LogP contribution >= 0.6 is 0 Å². The first kappa shape index (κ1) is 40.9. The number of nitrogens with two attached hydrogens (primary N) is 2. The van der Waals surface area contributed by atoms with Crippen LogP contribution in [0.3, 0.4) is 0 Å². The van der Waals surface area contributed by atoms with Gasteiger partial charge in [-0.3, -0.25) is 0 Å². The zero-order valence-electron chi connectivity index (χ0n) is 27.6. The molecular weight excluding hydrogens is 699 g/mol. The fourth-order valence-corrected chi connectivity index (χ4v) is 6.35. The zero-order valence-corrected chi connectivity index (χ0v) is 33.2. The number of rotatable bonds is 7. The van der Waals surface area contributed by atoms with Gasteiger partial charge in [-0.25, -0.2) is 16.8 Å². The first-order valence-corrected chi connectivity index (χ1v) is 17.3. The standard InChI is InChI=1S/C32H24N6O6S2.C2H6.2Na/c33-31-25-7-3-1-5-23(25)29(45(39,40)41)17-27(31)37-35-21-13-9-19(10-14-21)20-11-15-22(16-12-20)36-38-28-18-30(46(42,43)44)24-6-2-4-8-26(24)32(28)34;1-2;;/h1-18H,33-34H2,(H,39,40,41)(H,42,43,44);1-2H3;;/q;;2*+1/p-2. The van der Waals surface area contributed by atoms with Gasteiger partial charge in [0.05, 0.1) is 32.5 Å². The Bertz CT molecular complexity index is 2270. The minimum absolute atomic E-state index is 0. The van der Waals surface area contributed by atoms with Crippen LogP contribution in [-0.4, -0.2) is 25.9 Å². The summed E-state index contributed by atoms with van der Waals surface area (Å²) < 4.78 is 71.2. The first-order valence-electron chi connectivity index (χ1n) is 14.5. The maximum absolute atomic E-state index is 11.9. The van der Waals surface area contributed by atoms with Gasteiger partial charge in [0.2, 0.25) is 0 Å². The summed E-state index contributed by atoms with van der Waals surface area (Å²) in [5, 5.41) is 17.8. The average Bonchev–Trinajstić information content (AvgIpc) is 3.08. The summed E-state index contributed by atoms with van der Waals surface area (Å²) >= 11 is 0. The van der Waals surface area contributed by atoms with Crippen molar-refractivity contribution < 1.29 is 85.1 Å². The van der Waals surface area contributed by atoms with Gasteiger partial charge in [-0.05, 0) is 47.5 Å². The summed E-state index contributed by atoms with van der Waals surface area (Å²) in [4.78, 5) is -0.851. The molecule has 0 amide bonds. The van der Waals surface area contributed by atoms with Gasteiger partial charge in [-0.2, -0.15) is 10.2 Å². The monoisotopic (exact) mass is 726 g/mol. The number of azo groups is 2. The van der Waals surface area contributed by atoms with Crippen LogP contribution in [0.4, 0.5) is 34.1 Å². The molecule has 0 saturated carbocycles. The molecule has 12 nitrogen and oxygen atoms in total. The molecule has 0 aliphatic rings. The molecule has 4 N–H and O–H groups in total. The summed E-state index contributed by atoms with van der Waals surface area (Å²) in [7, 11) is -9.57. The van der Waals surface area contributed by atoms with E-state index in [9.17, 15) is 25.9 Å². The molecule has 50 heavy (non-hydrogen) atoms. The van der Waals surface area contributed by atoms with Crippen molar-refractivity contribution in [1.82, 2.24) is 0 Å². The second-order valence-electron chi connectivity index (χ2n) is 10.1. The number of anilines is 2. The molecule has 0 spiro atoms. The maximum Gasteiger partial charge on any atom is 1.00 e. The molecule has 244 valence electrons. The Kier molecular flexibility index (Phi) is 14.0. The number of nitrogen functional groups attached to an aromatic ring is 2.